The third-order valence-electron chi connectivity index (χ3n) is 4.81. The summed E-state index contributed by atoms with van der Waals surface area (Å²) in [5.41, 5.74) is 0.477. The van der Waals surface area contributed by atoms with Crippen molar-refractivity contribution in [1.82, 2.24) is 4.90 Å². The van der Waals surface area contributed by atoms with Gasteiger partial charge in [0.2, 0.25) is 5.91 Å². The second-order valence-corrected chi connectivity index (χ2v) is 6.22. The van der Waals surface area contributed by atoms with E-state index in [-0.39, 0.29) is 5.91 Å². The summed E-state index contributed by atoms with van der Waals surface area (Å²) in [5, 5.41) is 10.7. The average molecular weight is 305 g/mol. The molecule has 2 unspecified atom stereocenters. The molecule has 1 aliphatic rings. The lowest BCUT2D eigenvalue weighted by Gasteiger charge is -2.38. The van der Waals surface area contributed by atoms with Gasteiger partial charge in [-0.05, 0) is 31.7 Å². The Balaban J connectivity index is 1.99. The third-order valence-corrected chi connectivity index (χ3v) is 4.81. The minimum atomic E-state index is -0.716. The third kappa shape index (κ3) is 3.87. The van der Waals surface area contributed by atoms with Crippen LogP contribution in [0.4, 0.5) is 0 Å². The van der Waals surface area contributed by atoms with Crippen molar-refractivity contribution in [2.24, 2.45) is 5.41 Å². The first-order chi connectivity index (χ1) is 10.6. The molecule has 2 atom stereocenters. The first-order valence-corrected chi connectivity index (χ1v) is 8.17. The Hall–Kier alpha value is -1.39. The number of amides is 1. The van der Waals surface area contributed by atoms with E-state index in [0.717, 1.165) is 6.42 Å². The smallest absolute Gasteiger partial charge is 0.231 e. The van der Waals surface area contributed by atoms with Crippen molar-refractivity contribution >= 4 is 5.91 Å². The zero-order valence-electron chi connectivity index (χ0n) is 13.6. The quantitative estimate of drug-likeness (QED) is 0.877. The zero-order chi connectivity index (χ0) is 16.0. The molecule has 1 amide bonds. The number of carbonyl (C=O) groups excluding carboxylic acids is 1. The van der Waals surface area contributed by atoms with Gasteiger partial charge in [-0.1, -0.05) is 37.3 Å². The van der Waals surface area contributed by atoms with E-state index in [2.05, 4.69) is 12.1 Å². The Morgan fingerprint density at radius 1 is 1.32 bits per heavy atom. The van der Waals surface area contributed by atoms with Crippen LogP contribution in [0.2, 0.25) is 0 Å². The summed E-state index contributed by atoms with van der Waals surface area (Å²) in [4.78, 5) is 14.6. The summed E-state index contributed by atoms with van der Waals surface area (Å²) < 4.78 is 5.31. The molecule has 0 saturated carbocycles. The number of aliphatic hydroxyl groups is 1. The van der Waals surface area contributed by atoms with Crippen molar-refractivity contribution in [2.75, 3.05) is 26.3 Å². The second-order valence-electron chi connectivity index (χ2n) is 6.22. The van der Waals surface area contributed by atoms with E-state index >= 15 is 0 Å². The van der Waals surface area contributed by atoms with Gasteiger partial charge in [0.25, 0.3) is 0 Å². The summed E-state index contributed by atoms with van der Waals surface area (Å²) in [6, 6.07) is 10.1. The highest BCUT2D eigenvalue weighted by molar-refractivity contribution is 5.83. The van der Waals surface area contributed by atoms with E-state index in [1.165, 1.54) is 5.56 Å². The molecular formula is C18H27NO3. The Labute approximate surface area is 133 Å². The van der Waals surface area contributed by atoms with Gasteiger partial charge in [0.05, 0.1) is 24.7 Å². The van der Waals surface area contributed by atoms with Gasteiger partial charge in [0.1, 0.15) is 0 Å². The summed E-state index contributed by atoms with van der Waals surface area (Å²) in [7, 11) is 0. The zero-order valence-corrected chi connectivity index (χ0v) is 13.6. The van der Waals surface area contributed by atoms with Gasteiger partial charge in [-0.2, -0.15) is 0 Å². The van der Waals surface area contributed by atoms with Gasteiger partial charge in [0.15, 0.2) is 0 Å². The van der Waals surface area contributed by atoms with Crippen molar-refractivity contribution in [3.05, 3.63) is 35.9 Å². The number of hydrogen-bond donors (Lipinski definition) is 1. The molecule has 1 fully saturated rings. The minimum absolute atomic E-state index is 0.0545. The van der Waals surface area contributed by atoms with Crippen molar-refractivity contribution < 1.29 is 14.6 Å². The van der Waals surface area contributed by atoms with E-state index in [0.29, 0.717) is 39.1 Å². The monoisotopic (exact) mass is 305 g/mol. The van der Waals surface area contributed by atoms with Crippen LogP contribution in [0.1, 0.15) is 32.3 Å². The predicted octanol–water partition coefficient (Wildman–Crippen LogP) is 2.26. The lowest BCUT2D eigenvalue weighted by atomic mass is 9.77. The van der Waals surface area contributed by atoms with Crippen molar-refractivity contribution in [1.29, 1.82) is 0 Å². The van der Waals surface area contributed by atoms with E-state index < -0.39 is 11.5 Å². The maximum Gasteiger partial charge on any atom is 0.231 e. The molecule has 1 aromatic carbocycles. The number of benzene rings is 1. The van der Waals surface area contributed by atoms with Crippen LogP contribution < -0.4 is 0 Å². The molecule has 4 nitrogen and oxygen atoms in total. The number of carbonyl (C=O) groups is 1. The summed E-state index contributed by atoms with van der Waals surface area (Å²) >= 11 is 0. The Morgan fingerprint density at radius 3 is 2.55 bits per heavy atom. The predicted molar refractivity (Wildman–Crippen MR) is 86.6 cm³/mol. The van der Waals surface area contributed by atoms with Crippen LogP contribution in [0.5, 0.6) is 0 Å². The Kier molecular flexibility index (Phi) is 5.98. The van der Waals surface area contributed by atoms with Crippen LogP contribution >= 0.6 is 0 Å². The van der Waals surface area contributed by atoms with Crippen LogP contribution in [0.25, 0.3) is 0 Å². The summed E-state index contributed by atoms with van der Waals surface area (Å²) in [5.74, 6) is 0.0545. The lowest BCUT2D eigenvalue weighted by molar-refractivity contribution is -0.152. The molecule has 4 heteroatoms. The minimum Gasteiger partial charge on any atom is -0.392 e. The lowest BCUT2D eigenvalue weighted by Crippen LogP contribution is -2.52. The maximum absolute atomic E-state index is 12.8. The number of aryl methyl sites for hydroxylation is 1. The van der Waals surface area contributed by atoms with E-state index in [4.69, 9.17) is 4.74 Å². The first-order valence-electron chi connectivity index (χ1n) is 8.17. The molecule has 0 radical (unpaired) electrons. The number of aliphatic hydroxyl groups excluding tert-OH is 1. The van der Waals surface area contributed by atoms with Gasteiger partial charge in [-0.15, -0.1) is 0 Å². The van der Waals surface area contributed by atoms with Crippen molar-refractivity contribution in [3.8, 4) is 0 Å². The second kappa shape index (κ2) is 7.75. The fraction of sp³-hybridized carbons (Fsp3) is 0.611. The largest absolute Gasteiger partial charge is 0.392 e. The first kappa shape index (κ1) is 17.0. The molecule has 122 valence electrons. The molecule has 0 aromatic heterocycles. The number of rotatable bonds is 6. The molecule has 1 heterocycles. The molecule has 0 aliphatic carbocycles. The van der Waals surface area contributed by atoms with Crippen molar-refractivity contribution in [3.63, 3.8) is 0 Å². The Morgan fingerprint density at radius 2 is 1.95 bits per heavy atom. The van der Waals surface area contributed by atoms with Crippen LogP contribution in [0, 0.1) is 5.41 Å². The highest BCUT2D eigenvalue weighted by Crippen LogP contribution is 2.31. The molecule has 0 spiro atoms. The molecule has 0 bridgehead atoms. The fourth-order valence-corrected chi connectivity index (χ4v) is 2.92. The van der Waals surface area contributed by atoms with Crippen LogP contribution in [0.15, 0.2) is 30.3 Å². The maximum atomic E-state index is 12.8. The van der Waals surface area contributed by atoms with E-state index in [1.807, 2.05) is 36.9 Å². The Bertz CT molecular complexity index is 470. The van der Waals surface area contributed by atoms with E-state index in [9.17, 15) is 9.90 Å². The van der Waals surface area contributed by atoms with Gasteiger partial charge in [-0.3, -0.25) is 4.79 Å². The van der Waals surface area contributed by atoms with E-state index in [1.54, 1.807) is 0 Å². The normalized spacial score (nSPS) is 19.5. The molecule has 1 aromatic rings. The van der Waals surface area contributed by atoms with Crippen LogP contribution in [0.3, 0.4) is 0 Å². The number of hydrogen-bond acceptors (Lipinski definition) is 3. The number of ether oxygens (including phenoxy) is 1. The van der Waals surface area contributed by atoms with Gasteiger partial charge >= 0.3 is 0 Å². The molecule has 22 heavy (non-hydrogen) atoms. The topological polar surface area (TPSA) is 49.8 Å². The highest BCUT2D eigenvalue weighted by atomic mass is 16.5. The molecule has 2 rings (SSSR count). The average Bonchev–Trinajstić information content (AvgIpc) is 2.59. The van der Waals surface area contributed by atoms with Gasteiger partial charge in [0, 0.05) is 13.1 Å². The molecule has 1 N–H and O–H groups in total. The SMILES string of the molecule is CCC(C)(C(=O)N1CCOCC1)C(O)CCc1ccccc1. The summed E-state index contributed by atoms with van der Waals surface area (Å²) in [6.45, 7) is 6.29. The summed E-state index contributed by atoms with van der Waals surface area (Å²) in [6.07, 6.45) is 1.39. The van der Waals surface area contributed by atoms with Crippen LogP contribution in [-0.4, -0.2) is 48.3 Å². The van der Waals surface area contributed by atoms with Gasteiger partial charge < -0.3 is 14.7 Å². The van der Waals surface area contributed by atoms with Crippen molar-refractivity contribution in [2.45, 2.75) is 39.2 Å². The molecule has 1 saturated heterocycles. The highest BCUT2D eigenvalue weighted by Gasteiger charge is 2.41. The fourth-order valence-electron chi connectivity index (χ4n) is 2.92. The van der Waals surface area contributed by atoms with Gasteiger partial charge in [-0.25, -0.2) is 0 Å². The van der Waals surface area contributed by atoms with Crippen LogP contribution in [-0.2, 0) is 16.0 Å². The number of nitrogens with zero attached hydrogens (tertiary/aromatic N) is 1. The molecule has 1 aliphatic heterocycles. The number of morpholine rings is 1. The molecular weight excluding hydrogens is 278 g/mol. The standard InChI is InChI=1S/C18H27NO3/c1-3-18(2,17(21)19-11-13-22-14-12-19)16(20)10-9-15-7-5-4-6-8-15/h4-8,16,20H,3,9-14H2,1-2H3.